The third-order valence-corrected chi connectivity index (χ3v) is 10.6. The molecule has 2 heterocycles. The minimum Gasteiger partial charge on any atom is -0.228 e. The van der Waals surface area contributed by atoms with Crippen LogP contribution < -0.4 is 0 Å². The van der Waals surface area contributed by atoms with Gasteiger partial charge in [-0.1, -0.05) is 206 Å². The van der Waals surface area contributed by atoms with E-state index in [9.17, 15) is 0 Å². The Morgan fingerprint density at radius 1 is 0.207 bits per heavy atom. The summed E-state index contributed by atoms with van der Waals surface area (Å²) in [6, 6.07) is 75.6. The molecule has 0 bridgehead atoms. The van der Waals surface area contributed by atoms with Gasteiger partial charge in [-0.3, -0.25) is 0 Å². The molecule has 0 amide bonds. The van der Waals surface area contributed by atoms with Gasteiger partial charge in [-0.2, -0.15) is 0 Å². The molecule has 0 aliphatic heterocycles. The summed E-state index contributed by atoms with van der Waals surface area (Å²) in [5, 5.41) is 2.16. The second kappa shape index (κ2) is 15.4. The van der Waals surface area contributed by atoms with E-state index in [1.54, 1.807) is 0 Å². The number of aromatic nitrogens is 4. The van der Waals surface area contributed by atoms with Crippen LogP contribution in [0.25, 0.3) is 101 Å². The predicted molar refractivity (Wildman–Crippen MR) is 239 cm³/mol. The highest BCUT2D eigenvalue weighted by atomic mass is 14.9. The van der Waals surface area contributed by atoms with Crippen molar-refractivity contribution in [3.05, 3.63) is 218 Å². The maximum atomic E-state index is 5.25. The van der Waals surface area contributed by atoms with Crippen LogP contribution in [0.15, 0.2) is 218 Å². The average Bonchev–Trinajstić information content (AvgIpc) is 3.32. The second-order valence-electron chi connectivity index (χ2n) is 14.2. The molecule has 0 unspecified atom stereocenters. The first-order chi connectivity index (χ1) is 28.7. The van der Waals surface area contributed by atoms with E-state index in [-0.39, 0.29) is 0 Å². The molecule has 0 aliphatic rings. The summed E-state index contributed by atoms with van der Waals surface area (Å²) in [7, 11) is 0. The summed E-state index contributed by atoms with van der Waals surface area (Å²) >= 11 is 0. The zero-order valence-corrected chi connectivity index (χ0v) is 31.6. The molecule has 0 radical (unpaired) electrons. The van der Waals surface area contributed by atoms with Gasteiger partial charge in [0.15, 0.2) is 11.6 Å². The van der Waals surface area contributed by atoms with Gasteiger partial charge in [-0.25, -0.2) is 19.9 Å². The molecule has 10 aromatic rings. The normalized spacial score (nSPS) is 11.1. The SMILES string of the molecule is c1ccc(-c2ccc(-c3nc(-c4ccccc4)cc(-c4cccc5c(-c6cc(-c7ccccc7)nc(-c7ccc(-c8ccccc8)cc7)n6)cccc45)n3)cc2)cc1. The topological polar surface area (TPSA) is 51.6 Å². The van der Waals surface area contributed by atoms with Crippen LogP contribution in [0, 0.1) is 0 Å². The lowest BCUT2D eigenvalue weighted by Gasteiger charge is -2.14. The zero-order chi connectivity index (χ0) is 38.7. The highest BCUT2D eigenvalue weighted by molar-refractivity contribution is 6.04. The molecule has 2 aromatic heterocycles. The maximum Gasteiger partial charge on any atom is 0.160 e. The van der Waals surface area contributed by atoms with Gasteiger partial charge in [0.25, 0.3) is 0 Å². The van der Waals surface area contributed by atoms with Crippen molar-refractivity contribution >= 4 is 10.8 Å². The average molecular weight is 741 g/mol. The fraction of sp³-hybridized carbons (Fsp3) is 0. The fourth-order valence-corrected chi connectivity index (χ4v) is 7.58. The second-order valence-corrected chi connectivity index (χ2v) is 14.2. The van der Waals surface area contributed by atoms with Crippen LogP contribution in [-0.2, 0) is 0 Å². The van der Waals surface area contributed by atoms with Crippen molar-refractivity contribution < 1.29 is 0 Å². The Kier molecular flexibility index (Phi) is 9.18. The third-order valence-electron chi connectivity index (χ3n) is 10.6. The van der Waals surface area contributed by atoms with Gasteiger partial charge in [-0.15, -0.1) is 0 Å². The smallest absolute Gasteiger partial charge is 0.160 e. The van der Waals surface area contributed by atoms with E-state index >= 15 is 0 Å². The zero-order valence-electron chi connectivity index (χ0n) is 31.6. The van der Waals surface area contributed by atoms with E-state index in [4.69, 9.17) is 19.9 Å². The van der Waals surface area contributed by atoms with Crippen LogP contribution in [0.2, 0.25) is 0 Å². The quantitative estimate of drug-likeness (QED) is 0.156. The molecule has 4 nitrogen and oxygen atoms in total. The Labute approximate surface area is 337 Å². The molecule has 58 heavy (non-hydrogen) atoms. The molecule has 10 rings (SSSR count). The Morgan fingerprint density at radius 2 is 0.500 bits per heavy atom. The lowest BCUT2D eigenvalue weighted by atomic mass is 9.95. The number of rotatable bonds is 8. The van der Waals surface area contributed by atoms with E-state index in [1.165, 1.54) is 11.1 Å². The highest BCUT2D eigenvalue weighted by Crippen LogP contribution is 2.37. The summed E-state index contributed by atoms with van der Waals surface area (Å²) in [6.45, 7) is 0. The summed E-state index contributed by atoms with van der Waals surface area (Å²) in [6.07, 6.45) is 0. The predicted octanol–water partition coefficient (Wildman–Crippen LogP) is 13.8. The van der Waals surface area contributed by atoms with Gasteiger partial charge in [0, 0.05) is 33.4 Å². The van der Waals surface area contributed by atoms with Gasteiger partial charge < -0.3 is 0 Å². The first-order valence-corrected chi connectivity index (χ1v) is 19.5. The Hall–Kier alpha value is -7.82. The number of nitrogens with zero attached hydrogens (tertiary/aromatic N) is 4. The molecule has 0 atom stereocenters. The van der Waals surface area contributed by atoms with Gasteiger partial charge in [0.2, 0.25) is 0 Å². The number of benzene rings is 8. The van der Waals surface area contributed by atoms with E-state index in [2.05, 4.69) is 170 Å². The third kappa shape index (κ3) is 6.95. The molecule has 0 fully saturated rings. The highest BCUT2D eigenvalue weighted by Gasteiger charge is 2.17. The van der Waals surface area contributed by atoms with Crippen molar-refractivity contribution in [1.82, 2.24) is 19.9 Å². The van der Waals surface area contributed by atoms with Crippen LogP contribution in [0.1, 0.15) is 0 Å². The van der Waals surface area contributed by atoms with Crippen LogP contribution in [0.4, 0.5) is 0 Å². The summed E-state index contributed by atoms with van der Waals surface area (Å²) in [5.41, 5.74) is 14.1. The monoisotopic (exact) mass is 740 g/mol. The first kappa shape index (κ1) is 34.7. The van der Waals surface area contributed by atoms with Gasteiger partial charge >= 0.3 is 0 Å². The largest absolute Gasteiger partial charge is 0.228 e. The molecular weight excluding hydrogens is 705 g/mol. The molecule has 0 saturated heterocycles. The number of hydrogen-bond donors (Lipinski definition) is 0. The van der Waals surface area contributed by atoms with E-state index in [0.717, 1.165) is 78.1 Å². The maximum absolute atomic E-state index is 5.25. The summed E-state index contributed by atoms with van der Waals surface area (Å²) in [5.74, 6) is 1.35. The standard InChI is InChI=1S/C54H36N4/c1-5-15-37(16-6-1)39-27-31-43(32-28-39)53-55-49(41-19-9-3-10-20-41)35-51(57-53)47-25-13-24-46-45(47)23-14-26-48(46)52-36-50(42-21-11-4-12-22-42)56-54(58-52)44-33-29-40(30-34-44)38-17-7-2-8-18-38/h1-36H. The van der Waals surface area contributed by atoms with E-state index < -0.39 is 0 Å². The van der Waals surface area contributed by atoms with Crippen molar-refractivity contribution in [3.63, 3.8) is 0 Å². The van der Waals surface area contributed by atoms with E-state index in [0.29, 0.717) is 11.6 Å². The molecule has 4 heteroatoms. The van der Waals surface area contributed by atoms with Crippen LogP contribution >= 0.6 is 0 Å². The lowest BCUT2D eigenvalue weighted by molar-refractivity contribution is 1.18. The molecule has 8 aromatic carbocycles. The minimum absolute atomic E-state index is 0.676. The van der Waals surface area contributed by atoms with Crippen molar-refractivity contribution in [2.45, 2.75) is 0 Å². The summed E-state index contributed by atoms with van der Waals surface area (Å²) in [4.78, 5) is 20.7. The van der Waals surface area contributed by atoms with Crippen LogP contribution in [-0.4, -0.2) is 19.9 Å². The molecule has 272 valence electrons. The molecule has 0 spiro atoms. The van der Waals surface area contributed by atoms with Crippen molar-refractivity contribution in [1.29, 1.82) is 0 Å². The summed E-state index contributed by atoms with van der Waals surface area (Å²) < 4.78 is 0. The Balaban J connectivity index is 1.10. The Bertz CT molecular complexity index is 2790. The van der Waals surface area contributed by atoms with Gasteiger partial charge in [-0.05, 0) is 45.2 Å². The molecule has 0 N–H and O–H groups in total. The van der Waals surface area contributed by atoms with E-state index in [1.807, 2.05) is 48.5 Å². The van der Waals surface area contributed by atoms with Crippen LogP contribution in [0.3, 0.4) is 0 Å². The minimum atomic E-state index is 0.676. The Morgan fingerprint density at radius 3 is 0.862 bits per heavy atom. The molecule has 0 aliphatic carbocycles. The van der Waals surface area contributed by atoms with Crippen molar-refractivity contribution in [3.8, 4) is 90.1 Å². The van der Waals surface area contributed by atoms with Crippen molar-refractivity contribution in [2.24, 2.45) is 0 Å². The molecular formula is C54H36N4. The van der Waals surface area contributed by atoms with Crippen LogP contribution in [0.5, 0.6) is 0 Å². The van der Waals surface area contributed by atoms with Gasteiger partial charge in [0.05, 0.1) is 22.8 Å². The fourth-order valence-electron chi connectivity index (χ4n) is 7.58. The first-order valence-electron chi connectivity index (χ1n) is 19.5. The molecule has 0 saturated carbocycles. The number of hydrogen-bond acceptors (Lipinski definition) is 4. The number of fused-ring (bicyclic) bond motifs is 1. The lowest BCUT2D eigenvalue weighted by Crippen LogP contribution is -1.98. The van der Waals surface area contributed by atoms with Gasteiger partial charge in [0.1, 0.15) is 0 Å². The van der Waals surface area contributed by atoms with Crippen molar-refractivity contribution in [2.75, 3.05) is 0 Å².